The van der Waals surface area contributed by atoms with E-state index >= 15 is 0 Å². The quantitative estimate of drug-likeness (QED) is 0.540. The van der Waals surface area contributed by atoms with Crippen molar-refractivity contribution in [1.82, 2.24) is 10.9 Å². The molecule has 4 atom stereocenters. The number of carboxylic acid groups (broad SMARTS) is 1. The van der Waals surface area contributed by atoms with Gasteiger partial charge in [0.2, 0.25) is 5.91 Å². The van der Waals surface area contributed by atoms with E-state index in [0.29, 0.717) is 11.3 Å². The predicted octanol–water partition coefficient (Wildman–Crippen LogP) is 0.501. The zero-order chi connectivity index (χ0) is 18.2. The number of amides is 2. The van der Waals surface area contributed by atoms with Crippen molar-refractivity contribution < 1.29 is 29.0 Å². The van der Waals surface area contributed by atoms with Crippen LogP contribution in [0.5, 0.6) is 5.75 Å². The summed E-state index contributed by atoms with van der Waals surface area (Å²) in [4.78, 5) is 36.0. The molecule has 132 valence electrons. The largest absolute Gasteiger partial charge is 0.497 e. The summed E-state index contributed by atoms with van der Waals surface area (Å²) in [6.45, 7) is 1.65. The van der Waals surface area contributed by atoms with E-state index < -0.39 is 41.3 Å². The number of nitrogens with one attached hydrogen (secondary N) is 2. The van der Waals surface area contributed by atoms with Crippen molar-refractivity contribution in [3.63, 3.8) is 0 Å². The van der Waals surface area contributed by atoms with Crippen molar-refractivity contribution in [3.05, 3.63) is 42.0 Å². The Hall–Kier alpha value is -2.87. The van der Waals surface area contributed by atoms with Crippen molar-refractivity contribution in [2.24, 2.45) is 11.8 Å². The summed E-state index contributed by atoms with van der Waals surface area (Å²) in [5, 5.41) is 9.38. The van der Waals surface area contributed by atoms with E-state index in [1.165, 1.54) is 7.11 Å². The molecule has 0 aromatic heterocycles. The number of carbonyl (C=O) groups excluding carboxylic acids is 2. The topological polar surface area (TPSA) is 114 Å². The Kier molecular flexibility index (Phi) is 4.22. The molecular formula is C17H18N2O6. The van der Waals surface area contributed by atoms with Crippen molar-refractivity contribution in [3.8, 4) is 5.75 Å². The molecule has 1 saturated heterocycles. The summed E-state index contributed by atoms with van der Waals surface area (Å²) in [6, 6.07) is 6.33. The van der Waals surface area contributed by atoms with Gasteiger partial charge in [-0.1, -0.05) is 12.2 Å². The molecule has 0 unspecified atom stereocenters. The lowest BCUT2D eigenvalue weighted by atomic mass is 9.76. The zero-order valence-corrected chi connectivity index (χ0v) is 13.7. The molecule has 2 aliphatic heterocycles. The molecule has 25 heavy (non-hydrogen) atoms. The number of carbonyl (C=O) groups is 3. The number of hydrogen-bond acceptors (Lipinski definition) is 5. The van der Waals surface area contributed by atoms with Crippen LogP contribution in [-0.4, -0.2) is 41.7 Å². The van der Waals surface area contributed by atoms with E-state index in [1.54, 1.807) is 43.3 Å². The molecule has 2 aliphatic rings. The molecule has 0 spiro atoms. The maximum Gasteiger partial charge on any atom is 0.310 e. The number of carboxylic acids is 1. The van der Waals surface area contributed by atoms with Gasteiger partial charge in [-0.15, -0.1) is 0 Å². The van der Waals surface area contributed by atoms with E-state index in [9.17, 15) is 19.5 Å². The van der Waals surface area contributed by atoms with Crippen LogP contribution in [0.2, 0.25) is 0 Å². The highest BCUT2D eigenvalue weighted by molar-refractivity contribution is 5.96. The van der Waals surface area contributed by atoms with Gasteiger partial charge in [-0.25, -0.2) is 0 Å². The van der Waals surface area contributed by atoms with E-state index in [0.717, 1.165) is 0 Å². The van der Waals surface area contributed by atoms with Crippen molar-refractivity contribution in [2.75, 3.05) is 7.11 Å². The SMILES string of the molecule is COc1ccc(C(=O)NNC(=O)[C@H]2[C@H](C(=O)O)[C@H]3C=C[C@@]2(C)O3)cc1. The van der Waals surface area contributed by atoms with Crippen LogP contribution in [0.15, 0.2) is 36.4 Å². The Morgan fingerprint density at radius 1 is 1.20 bits per heavy atom. The van der Waals surface area contributed by atoms with Crippen LogP contribution in [0.3, 0.4) is 0 Å². The molecule has 0 aliphatic carbocycles. The summed E-state index contributed by atoms with van der Waals surface area (Å²) < 4.78 is 10.6. The zero-order valence-electron chi connectivity index (χ0n) is 13.7. The standard InChI is InChI=1S/C17H18N2O6/c1-17-8-7-11(25-17)12(16(22)23)13(17)15(21)19-18-14(20)9-3-5-10(24-2)6-4-9/h3-8,11-13H,1-2H3,(H,18,20)(H,19,21)(H,22,23)/t11-,12-,13-,17-/m1/s1. The van der Waals surface area contributed by atoms with Crippen LogP contribution < -0.4 is 15.6 Å². The van der Waals surface area contributed by atoms with Gasteiger partial charge in [0, 0.05) is 5.56 Å². The van der Waals surface area contributed by atoms with Crippen LogP contribution in [0.25, 0.3) is 0 Å². The summed E-state index contributed by atoms with van der Waals surface area (Å²) >= 11 is 0. The number of hydrogen-bond donors (Lipinski definition) is 3. The smallest absolute Gasteiger partial charge is 0.310 e. The van der Waals surface area contributed by atoms with Crippen molar-refractivity contribution in [2.45, 2.75) is 18.6 Å². The lowest BCUT2D eigenvalue weighted by Crippen LogP contribution is -2.52. The number of methoxy groups -OCH3 is 1. The Morgan fingerprint density at radius 3 is 2.48 bits per heavy atom. The van der Waals surface area contributed by atoms with E-state index in [4.69, 9.17) is 9.47 Å². The minimum absolute atomic E-state index is 0.325. The average Bonchev–Trinajstić information content (AvgIpc) is 3.12. The van der Waals surface area contributed by atoms with Gasteiger partial charge in [-0.2, -0.15) is 0 Å². The molecule has 0 saturated carbocycles. The first-order chi connectivity index (χ1) is 11.9. The van der Waals surface area contributed by atoms with Gasteiger partial charge in [0.05, 0.1) is 24.7 Å². The summed E-state index contributed by atoms with van der Waals surface area (Å²) in [5.74, 6) is -3.57. The van der Waals surface area contributed by atoms with Gasteiger partial charge in [-0.05, 0) is 31.2 Å². The highest BCUT2D eigenvalue weighted by Crippen LogP contribution is 2.46. The van der Waals surface area contributed by atoms with Crippen molar-refractivity contribution >= 4 is 17.8 Å². The Balaban J connectivity index is 1.66. The summed E-state index contributed by atoms with van der Waals surface area (Å²) in [7, 11) is 1.51. The fourth-order valence-corrected chi connectivity index (χ4v) is 3.29. The average molecular weight is 346 g/mol. The van der Waals surface area contributed by atoms with Crippen LogP contribution in [-0.2, 0) is 14.3 Å². The number of aliphatic carboxylic acids is 1. The second kappa shape index (κ2) is 6.21. The molecule has 3 rings (SSSR count). The number of benzene rings is 1. The molecule has 1 aromatic rings. The number of rotatable bonds is 4. The van der Waals surface area contributed by atoms with Gasteiger partial charge in [0.15, 0.2) is 0 Å². The predicted molar refractivity (Wildman–Crippen MR) is 85.6 cm³/mol. The van der Waals surface area contributed by atoms with E-state index in [2.05, 4.69) is 10.9 Å². The lowest BCUT2D eigenvalue weighted by molar-refractivity contribution is -0.147. The van der Waals surface area contributed by atoms with Crippen LogP contribution >= 0.6 is 0 Å². The number of hydrazine groups is 1. The van der Waals surface area contributed by atoms with E-state index in [1.807, 2.05) is 0 Å². The third-order valence-corrected chi connectivity index (χ3v) is 4.56. The summed E-state index contributed by atoms with van der Waals surface area (Å²) in [5.41, 5.74) is 3.92. The molecule has 1 fully saturated rings. The van der Waals surface area contributed by atoms with Gasteiger partial charge in [0.25, 0.3) is 5.91 Å². The molecular weight excluding hydrogens is 328 g/mol. The maximum absolute atomic E-state index is 12.5. The first-order valence-electron chi connectivity index (χ1n) is 7.70. The highest BCUT2D eigenvalue weighted by atomic mass is 16.5. The van der Waals surface area contributed by atoms with Crippen LogP contribution in [0.1, 0.15) is 17.3 Å². The van der Waals surface area contributed by atoms with Crippen LogP contribution in [0, 0.1) is 11.8 Å². The minimum Gasteiger partial charge on any atom is -0.497 e. The van der Waals surface area contributed by atoms with Gasteiger partial charge >= 0.3 is 5.97 Å². The molecule has 2 bridgehead atoms. The highest BCUT2D eigenvalue weighted by Gasteiger charge is 2.59. The Morgan fingerprint density at radius 2 is 1.88 bits per heavy atom. The number of fused-ring (bicyclic) bond motifs is 2. The van der Waals surface area contributed by atoms with Gasteiger partial charge < -0.3 is 14.6 Å². The fraction of sp³-hybridized carbons (Fsp3) is 0.353. The second-order valence-electron chi connectivity index (χ2n) is 6.14. The van der Waals surface area contributed by atoms with E-state index in [-0.39, 0.29) is 0 Å². The number of ether oxygens (including phenoxy) is 2. The molecule has 2 heterocycles. The third kappa shape index (κ3) is 2.96. The third-order valence-electron chi connectivity index (χ3n) is 4.56. The molecule has 2 amide bonds. The molecule has 1 aromatic carbocycles. The van der Waals surface area contributed by atoms with Crippen LogP contribution in [0.4, 0.5) is 0 Å². The lowest BCUT2D eigenvalue weighted by Gasteiger charge is -2.27. The second-order valence-corrected chi connectivity index (χ2v) is 6.14. The Labute approximate surface area is 143 Å². The molecule has 8 heteroatoms. The first kappa shape index (κ1) is 17.0. The fourth-order valence-electron chi connectivity index (χ4n) is 3.29. The first-order valence-corrected chi connectivity index (χ1v) is 7.70. The maximum atomic E-state index is 12.5. The Bertz CT molecular complexity index is 744. The molecule has 0 radical (unpaired) electrons. The van der Waals surface area contributed by atoms with Gasteiger partial charge in [-0.3, -0.25) is 25.2 Å². The molecule has 3 N–H and O–H groups in total. The monoisotopic (exact) mass is 346 g/mol. The van der Waals surface area contributed by atoms with Gasteiger partial charge in [0.1, 0.15) is 11.7 Å². The summed E-state index contributed by atoms with van der Waals surface area (Å²) in [6.07, 6.45) is 2.70. The minimum atomic E-state index is -1.11. The molecule has 8 nitrogen and oxygen atoms in total. The van der Waals surface area contributed by atoms with Crippen molar-refractivity contribution in [1.29, 1.82) is 0 Å². The normalized spacial score (nSPS) is 29.3.